The summed E-state index contributed by atoms with van der Waals surface area (Å²) >= 11 is 0. The van der Waals surface area contributed by atoms with Crippen LogP contribution >= 0.6 is 0 Å². The molecule has 6 heteroatoms. The lowest BCUT2D eigenvalue weighted by Crippen LogP contribution is -2.29. The van der Waals surface area contributed by atoms with Crippen molar-refractivity contribution in [2.24, 2.45) is 10.3 Å². The molecule has 0 atom stereocenters. The molecule has 0 aliphatic heterocycles. The van der Waals surface area contributed by atoms with Gasteiger partial charge in [0.1, 0.15) is 13.7 Å². The van der Waals surface area contributed by atoms with Gasteiger partial charge >= 0.3 is 0 Å². The van der Waals surface area contributed by atoms with Crippen molar-refractivity contribution in [3.05, 3.63) is 70.3 Å². The Labute approximate surface area is 159 Å². The van der Waals surface area contributed by atoms with Crippen LogP contribution in [-0.2, 0) is 21.1 Å². The highest BCUT2D eigenvalue weighted by Gasteiger charge is 2.16. The minimum absolute atomic E-state index is 0.221. The molecule has 0 bridgehead atoms. The number of nitrogens with zero attached hydrogens (tertiary/aromatic N) is 2. The van der Waals surface area contributed by atoms with Crippen LogP contribution in [0.1, 0.15) is 34.7 Å². The van der Waals surface area contributed by atoms with E-state index in [1.54, 1.807) is 7.05 Å². The molecule has 0 unspecified atom stereocenters. The highest BCUT2D eigenvalue weighted by molar-refractivity contribution is 6.45. The zero-order chi connectivity index (χ0) is 19.8. The first-order valence-electron chi connectivity index (χ1n) is 8.63. The number of carbonyl (C=O) groups is 1. The fraction of sp³-hybridized carbons (Fsp3) is 0.286. The molecule has 27 heavy (non-hydrogen) atoms. The average Bonchev–Trinajstić information content (AvgIpc) is 2.67. The van der Waals surface area contributed by atoms with Gasteiger partial charge in [0.15, 0.2) is 5.71 Å². The van der Waals surface area contributed by atoms with E-state index < -0.39 is 0 Å². The highest BCUT2D eigenvalue weighted by Crippen LogP contribution is 2.15. The lowest BCUT2D eigenvalue weighted by molar-refractivity contribution is -0.114. The summed E-state index contributed by atoms with van der Waals surface area (Å²) in [5.74, 6) is -0.314. The molecular formula is C21H25N3O3. The second-order valence-electron chi connectivity index (χ2n) is 6.17. The van der Waals surface area contributed by atoms with Crippen molar-refractivity contribution in [2.45, 2.75) is 27.4 Å². The fourth-order valence-electron chi connectivity index (χ4n) is 2.56. The summed E-state index contributed by atoms with van der Waals surface area (Å²) in [6.07, 6.45) is 0. The Morgan fingerprint density at radius 3 is 2.56 bits per heavy atom. The third kappa shape index (κ3) is 5.41. The molecular weight excluding hydrogens is 342 g/mol. The first-order valence-corrected chi connectivity index (χ1v) is 8.63. The largest absolute Gasteiger partial charge is 0.398 e. The Balaban J connectivity index is 2.17. The van der Waals surface area contributed by atoms with Crippen LogP contribution in [-0.4, -0.2) is 31.5 Å². The molecule has 0 radical (unpaired) electrons. The van der Waals surface area contributed by atoms with Gasteiger partial charge in [0.2, 0.25) is 0 Å². The van der Waals surface area contributed by atoms with E-state index in [1.165, 1.54) is 12.7 Å². The Morgan fingerprint density at radius 2 is 1.89 bits per heavy atom. The van der Waals surface area contributed by atoms with Crippen molar-refractivity contribution in [3.63, 3.8) is 0 Å². The number of hydrogen-bond acceptors (Lipinski definition) is 5. The number of oxime groups is 2. The molecule has 1 N–H and O–H groups in total. The van der Waals surface area contributed by atoms with E-state index in [9.17, 15) is 4.79 Å². The van der Waals surface area contributed by atoms with Crippen LogP contribution in [0.5, 0.6) is 0 Å². The monoisotopic (exact) mass is 367 g/mol. The van der Waals surface area contributed by atoms with Gasteiger partial charge < -0.3 is 15.0 Å². The molecule has 0 aliphatic rings. The first kappa shape index (κ1) is 20.2. The SMILES string of the molecule is CNC(=O)/C(=N/OC)c1cc(CO/N=C(\C)c2cccc(C)c2)ccc1C. The summed E-state index contributed by atoms with van der Waals surface area (Å²) in [6.45, 7) is 6.14. The summed E-state index contributed by atoms with van der Waals surface area (Å²) in [4.78, 5) is 22.4. The van der Waals surface area contributed by atoms with E-state index in [0.29, 0.717) is 5.56 Å². The van der Waals surface area contributed by atoms with Crippen LogP contribution in [0.3, 0.4) is 0 Å². The van der Waals surface area contributed by atoms with Crippen LogP contribution in [0.4, 0.5) is 0 Å². The van der Waals surface area contributed by atoms with Crippen LogP contribution in [0.15, 0.2) is 52.8 Å². The maximum absolute atomic E-state index is 12.1. The predicted molar refractivity (Wildman–Crippen MR) is 107 cm³/mol. The highest BCUT2D eigenvalue weighted by atomic mass is 16.6. The van der Waals surface area contributed by atoms with Crippen LogP contribution < -0.4 is 5.32 Å². The molecule has 0 aliphatic carbocycles. The van der Waals surface area contributed by atoms with Crippen molar-refractivity contribution in [1.82, 2.24) is 5.32 Å². The molecule has 0 saturated carbocycles. The second kappa shape index (κ2) is 9.52. The van der Waals surface area contributed by atoms with Gasteiger partial charge in [-0.15, -0.1) is 0 Å². The number of rotatable bonds is 7. The van der Waals surface area contributed by atoms with Crippen LogP contribution in [0.2, 0.25) is 0 Å². The molecule has 1 amide bonds. The van der Waals surface area contributed by atoms with E-state index in [0.717, 1.165) is 22.4 Å². The smallest absolute Gasteiger partial charge is 0.273 e. The van der Waals surface area contributed by atoms with Crippen molar-refractivity contribution in [3.8, 4) is 0 Å². The quantitative estimate of drug-likeness (QED) is 0.603. The predicted octanol–water partition coefficient (Wildman–Crippen LogP) is 3.34. The number of aryl methyl sites for hydroxylation is 2. The number of hydrogen-bond donors (Lipinski definition) is 1. The molecule has 0 saturated heterocycles. The van der Waals surface area contributed by atoms with Crippen molar-refractivity contribution < 1.29 is 14.5 Å². The summed E-state index contributed by atoms with van der Waals surface area (Å²) in [5, 5.41) is 10.6. The molecule has 2 rings (SSSR count). The number of nitrogens with one attached hydrogen (secondary N) is 1. The lowest BCUT2D eigenvalue weighted by Gasteiger charge is -2.10. The zero-order valence-corrected chi connectivity index (χ0v) is 16.4. The van der Waals surface area contributed by atoms with Gasteiger partial charge in [-0.25, -0.2) is 0 Å². The van der Waals surface area contributed by atoms with Crippen LogP contribution in [0, 0.1) is 13.8 Å². The zero-order valence-electron chi connectivity index (χ0n) is 16.4. The van der Waals surface area contributed by atoms with E-state index in [-0.39, 0.29) is 18.2 Å². The molecule has 2 aromatic carbocycles. The van der Waals surface area contributed by atoms with Gasteiger partial charge in [0, 0.05) is 12.6 Å². The van der Waals surface area contributed by atoms with E-state index in [1.807, 2.05) is 57.2 Å². The van der Waals surface area contributed by atoms with E-state index in [4.69, 9.17) is 9.68 Å². The van der Waals surface area contributed by atoms with Gasteiger partial charge in [-0.05, 0) is 43.5 Å². The van der Waals surface area contributed by atoms with E-state index in [2.05, 4.69) is 21.7 Å². The Hall–Kier alpha value is -3.15. The fourth-order valence-corrected chi connectivity index (χ4v) is 2.56. The van der Waals surface area contributed by atoms with E-state index >= 15 is 0 Å². The van der Waals surface area contributed by atoms with Crippen molar-refractivity contribution in [1.29, 1.82) is 0 Å². The molecule has 142 valence electrons. The first-order chi connectivity index (χ1) is 13.0. The number of benzene rings is 2. The minimum atomic E-state index is -0.314. The minimum Gasteiger partial charge on any atom is -0.398 e. The third-order valence-corrected chi connectivity index (χ3v) is 4.05. The Bertz CT molecular complexity index is 873. The average molecular weight is 367 g/mol. The maximum Gasteiger partial charge on any atom is 0.273 e. The second-order valence-corrected chi connectivity index (χ2v) is 6.17. The third-order valence-electron chi connectivity index (χ3n) is 4.05. The van der Waals surface area contributed by atoms with Gasteiger partial charge in [-0.1, -0.05) is 52.3 Å². The van der Waals surface area contributed by atoms with Crippen LogP contribution in [0.25, 0.3) is 0 Å². The molecule has 0 aromatic heterocycles. The molecule has 0 fully saturated rings. The van der Waals surface area contributed by atoms with Gasteiger partial charge in [-0.2, -0.15) is 0 Å². The summed E-state index contributed by atoms with van der Waals surface area (Å²) < 4.78 is 0. The number of likely N-dealkylation sites (N-methyl/N-ethyl adjacent to an activating group) is 1. The Kier molecular flexibility index (Phi) is 7.11. The standard InChI is InChI=1S/C21H25N3O3/c1-14-7-6-8-18(11-14)16(3)23-27-13-17-10-9-15(2)19(12-17)20(24-26-5)21(25)22-4/h6-12H,13H2,1-5H3,(H,22,25)/b23-16+,24-20+. The number of carbonyl (C=O) groups excluding carboxylic acids is 1. The normalized spacial score (nSPS) is 11.9. The summed E-state index contributed by atoms with van der Waals surface area (Å²) in [7, 11) is 2.96. The van der Waals surface area contributed by atoms with Gasteiger partial charge in [0.25, 0.3) is 5.91 Å². The van der Waals surface area contributed by atoms with Crippen molar-refractivity contribution >= 4 is 17.3 Å². The maximum atomic E-state index is 12.1. The number of amides is 1. The lowest BCUT2D eigenvalue weighted by atomic mass is 10.0. The molecule has 0 heterocycles. The Morgan fingerprint density at radius 1 is 1.11 bits per heavy atom. The molecule has 2 aromatic rings. The summed E-state index contributed by atoms with van der Waals surface area (Å²) in [6, 6.07) is 13.8. The summed E-state index contributed by atoms with van der Waals surface area (Å²) in [5.41, 5.74) is 5.70. The molecule has 6 nitrogen and oxygen atoms in total. The van der Waals surface area contributed by atoms with Crippen molar-refractivity contribution in [2.75, 3.05) is 14.2 Å². The van der Waals surface area contributed by atoms with Gasteiger partial charge in [-0.3, -0.25) is 4.79 Å². The topological polar surface area (TPSA) is 72.3 Å². The van der Waals surface area contributed by atoms with Gasteiger partial charge in [0.05, 0.1) is 5.71 Å². The molecule has 0 spiro atoms.